The summed E-state index contributed by atoms with van der Waals surface area (Å²) < 4.78 is 5.76. The Morgan fingerprint density at radius 1 is 1.33 bits per heavy atom. The zero-order chi connectivity index (χ0) is 17.7. The van der Waals surface area contributed by atoms with Crippen LogP contribution in [0.4, 0.5) is 5.13 Å². The number of aromatic nitrogens is 1. The minimum absolute atomic E-state index is 0.254. The van der Waals surface area contributed by atoms with Gasteiger partial charge >= 0.3 is 5.97 Å². The summed E-state index contributed by atoms with van der Waals surface area (Å²) in [5.41, 5.74) is 2.16. The standard InChI is InChI=1S/C16H18N4O3S/c1-5-23-15(22)10-6-7-11-12(8-10)24-16(18-11)19-14(21)13(9(2)3)20-17-4/h6-8H,5H2,1-4H3,(H,18,19,21). The van der Waals surface area contributed by atoms with Crippen molar-refractivity contribution in [1.82, 2.24) is 4.98 Å². The van der Waals surface area contributed by atoms with Gasteiger partial charge in [0.1, 0.15) is 5.70 Å². The van der Waals surface area contributed by atoms with Crippen molar-refractivity contribution < 1.29 is 14.3 Å². The van der Waals surface area contributed by atoms with Crippen LogP contribution in [0, 0.1) is 0 Å². The molecule has 0 bridgehead atoms. The molecule has 7 nitrogen and oxygen atoms in total. The van der Waals surface area contributed by atoms with E-state index >= 15 is 0 Å². The van der Waals surface area contributed by atoms with Gasteiger partial charge in [0.2, 0.25) is 0 Å². The largest absolute Gasteiger partial charge is 0.462 e. The first-order chi connectivity index (χ1) is 11.5. The number of nitrogens with one attached hydrogen (secondary N) is 1. The fourth-order valence-corrected chi connectivity index (χ4v) is 2.85. The van der Waals surface area contributed by atoms with Gasteiger partial charge in [-0.25, -0.2) is 9.78 Å². The highest BCUT2D eigenvalue weighted by Crippen LogP contribution is 2.27. The van der Waals surface area contributed by atoms with E-state index in [1.807, 2.05) is 0 Å². The van der Waals surface area contributed by atoms with E-state index in [-0.39, 0.29) is 17.6 Å². The molecule has 0 unspecified atom stereocenters. The number of hydrogen-bond acceptors (Lipinski definition) is 7. The number of nitrogens with zero attached hydrogens (tertiary/aromatic N) is 3. The van der Waals surface area contributed by atoms with E-state index in [2.05, 4.69) is 20.5 Å². The van der Waals surface area contributed by atoms with Crippen molar-refractivity contribution in [3.8, 4) is 0 Å². The summed E-state index contributed by atoms with van der Waals surface area (Å²) in [6, 6.07) is 5.08. The average molecular weight is 346 g/mol. The van der Waals surface area contributed by atoms with Crippen LogP contribution in [0.15, 0.2) is 39.7 Å². The van der Waals surface area contributed by atoms with E-state index in [9.17, 15) is 9.59 Å². The molecule has 0 saturated heterocycles. The molecule has 1 N–H and O–H groups in total. The molecule has 1 aromatic carbocycles. The van der Waals surface area contributed by atoms with Crippen molar-refractivity contribution in [3.63, 3.8) is 0 Å². The fourth-order valence-electron chi connectivity index (χ4n) is 1.95. The van der Waals surface area contributed by atoms with Gasteiger partial charge in [0, 0.05) is 7.05 Å². The van der Waals surface area contributed by atoms with Crippen molar-refractivity contribution in [2.75, 3.05) is 19.0 Å². The number of ether oxygens (including phenoxy) is 1. The van der Waals surface area contributed by atoms with E-state index in [4.69, 9.17) is 4.74 Å². The van der Waals surface area contributed by atoms with Gasteiger partial charge in [0.25, 0.3) is 5.91 Å². The molecule has 0 saturated carbocycles. The zero-order valence-corrected chi connectivity index (χ0v) is 14.7. The molecule has 0 atom stereocenters. The summed E-state index contributed by atoms with van der Waals surface area (Å²) in [6.45, 7) is 5.64. The molecule has 8 heteroatoms. The second-order valence-electron chi connectivity index (χ2n) is 5.02. The van der Waals surface area contributed by atoms with Crippen LogP contribution < -0.4 is 5.32 Å². The maximum atomic E-state index is 12.3. The first-order valence-electron chi connectivity index (χ1n) is 7.32. The number of hydrogen-bond donors (Lipinski definition) is 1. The third-order valence-corrected chi connectivity index (χ3v) is 3.94. The Morgan fingerprint density at radius 2 is 2.08 bits per heavy atom. The molecule has 0 spiro atoms. The number of allylic oxidation sites excluding steroid dienone is 1. The summed E-state index contributed by atoms with van der Waals surface area (Å²) in [7, 11) is 1.50. The molecule has 1 aromatic heterocycles. The lowest BCUT2D eigenvalue weighted by Gasteiger charge is -2.02. The highest BCUT2D eigenvalue weighted by molar-refractivity contribution is 7.22. The minimum Gasteiger partial charge on any atom is -0.462 e. The fraction of sp³-hybridized carbons (Fsp3) is 0.312. The number of benzene rings is 1. The van der Waals surface area contributed by atoms with E-state index in [0.717, 1.165) is 10.3 Å². The molecule has 0 aliphatic heterocycles. The summed E-state index contributed by atoms with van der Waals surface area (Å²) in [5.74, 6) is -0.751. The Kier molecular flexibility index (Phi) is 5.75. The lowest BCUT2D eigenvalue weighted by molar-refractivity contribution is -0.113. The highest BCUT2D eigenvalue weighted by atomic mass is 32.1. The van der Waals surface area contributed by atoms with Crippen LogP contribution in [0.3, 0.4) is 0 Å². The third-order valence-electron chi connectivity index (χ3n) is 3.01. The number of carbonyl (C=O) groups is 2. The van der Waals surface area contributed by atoms with Crippen LogP contribution in [-0.4, -0.2) is 30.5 Å². The molecule has 0 aliphatic rings. The first-order valence-corrected chi connectivity index (χ1v) is 8.14. The molecule has 0 aliphatic carbocycles. The molecule has 1 heterocycles. The van der Waals surface area contributed by atoms with Gasteiger partial charge in [-0.15, -0.1) is 0 Å². The summed E-state index contributed by atoms with van der Waals surface area (Å²) in [4.78, 5) is 28.4. The smallest absolute Gasteiger partial charge is 0.338 e. The number of anilines is 1. The topological polar surface area (TPSA) is 93.0 Å². The molecular formula is C16H18N4O3S. The van der Waals surface area contributed by atoms with Gasteiger partial charge in [-0.3, -0.25) is 10.1 Å². The Bertz CT molecular complexity index is 835. The normalized spacial score (nSPS) is 10.8. The Balaban J connectivity index is 2.26. The van der Waals surface area contributed by atoms with E-state index < -0.39 is 0 Å². The summed E-state index contributed by atoms with van der Waals surface area (Å²) in [5, 5.41) is 10.6. The molecule has 24 heavy (non-hydrogen) atoms. The predicted molar refractivity (Wildman–Crippen MR) is 93.4 cm³/mol. The Hall–Kier alpha value is -2.61. The number of esters is 1. The second kappa shape index (κ2) is 7.78. The van der Waals surface area contributed by atoms with Crippen LogP contribution in [0.25, 0.3) is 10.2 Å². The van der Waals surface area contributed by atoms with E-state index in [0.29, 0.717) is 22.8 Å². The number of carbonyl (C=O) groups excluding carboxylic acids is 2. The molecule has 2 aromatic rings. The van der Waals surface area contributed by atoms with Crippen LogP contribution >= 0.6 is 11.3 Å². The highest BCUT2D eigenvalue weighted by Gasteiger charge is 2.15. The second-order valence-corrected chi connectivity index (χ2v) is 6.06. The van der Waals surface area contributed by atoms with Gasteiger partial charge in [-0.2, -0.15) is 10.2 Å². The molecule has 126 valence electrons. The van der Waals surface area contributed by atoms with Crippen LogP contribution in [0.5, 0.6) is 0 Å². The number of azo groups is 1. The van der Waals surface area contributed by atoms with Crippen molar-refractivity contribution >= 4 is 38.6 Å². The van der Waals surface area contributed by atoms with Gasteiger partial charge in [-0.05, 0) is 44.5 Å². The number of amides is 1. The van der Waals surface area contributed by atoms with Crippen LogP contribution in [-0.2, 0) is 9.53 Å². The maximum absolute atomic E-state index is 12.3. The lowest BCUT2D eigenvalue weighted by Crippen LogP contribution is -2.13. The molecule has 2 rings (SSSR count). The van der Waals surface area contributed by atoms with Crippen molar-refractivity contribution in [3.05, 3.63) is 35.0 Å². The maximum Gasteiger partial charge on any atom is 0.338 e. The van der Waals surface area contributed by atoms with Crippen molar-refractivity contribution in [2.24, 2.45) is 10.2 Å². The predicted octanol–water partition coefficient (Wildman–Crippen LogP) is 3.79. The zero-order valence-electron chi connectivity index (χ0n) is 13.9. The van der Waals surface area contributed by atoms with E-state index in [1.54, 1.807) is 39.0 Å². The first kappa shape index (κ1) is 17.7. The summed E-state index contributed by atoms with van der Waals surface area (Å²) in [6.07, 6.45) is 0. The van der Waals surface area contributed by atoms with Crippen molar-refractivity contribution in [2.45, 2.75) is 20.8 Å². The van der Waals surface area contributed by atoms with Crippen LogP contribution in [0.2, 0.25) is 0 Å². The minimum atomic E-state index is -0.381. The SMILES string of the molecule is CCOC(=O)c1ccc2nc(NC(=O)C(N=NC)=C(C)C)sc2c1. The van der Waals surface area contributed by atoms with Crippen LogP contribution in [0.1, 0.15) is 31.1 Å². The molecule has 0 radical (unpaired) electrons. The quantitative estimate of drug-likeness (QED) is 0.506. The van der Waals surface area contributed by atoms with Gasteiger partial charge in [0.05, 0.1) is 22.4 Å². The van der Waals surface area contributed by atoms with E-state index in [1.165, 1.54) is 18.4 Å². The number of rotatable bonds is 5. The van der Waals surface area contributed by atoms with Gasteiger partial charge < -0.3 is 4.74 Å². The number of fused-ring (bicyclic) bond motifs is 1. The van der Waals surface area contributed by atoms with Crippen molar-refractivity contribution in [1.29, 1.82) is 0 Å². The average Bonchev–Trinajstić information content (AvgIpc) is 2.93. The monoisotopic (exact) mass is 346 g/mol. The lowest BCUT2D eigenvalue weighted by atomic mass is 10.2. The molecule has 1 amide bonds. The number of thiazole rings is 1. The van der Waals surface area contributed by atoms with Gasteiger partial charge in [0.15, 0.2) is 5.13 Å². The third kappa shape index (κ3) is 4.02. The summed E-state index contributed by atoms with van der Waals surface area (Å²) >= 11 is 1.28. The Labute approximate surface area is 143 Å². The molecule has 0 fully saturated rings. The van der Waals surface area contributed by atoms with Gasteiger partial charge in [-0.1, -0.05) is 11.3 Å². The Morgan fingerprint density at radius 3 is 2.71 bits per heavy atom. The molecular weight excluding hydrogens is 328 g/mol.